The van der Waals surface area contributed by atoms with Crippen LogP contribution in [0.2, 0.25) is 0 Å². The number of fused-ring (bicyclic) bond motifs is 10. The van der Waals surface area contributed by atoms with Gasteiger partial charge in [0.25, 0.3) is 0 Å². The van der Waals surface area contributed by atoms with Gasteiger partial charge in [-0.3, -0.25) is 0 Å². The smallest absolute Gasteiger partial charge is 0.0759 e. The van der Waals surface area contributed by atoms with Crippen LogP contribution in [0.15, 0.2) is 152 Å². The molecule has 0 N–H and O–H groups in total. The van der Waals surface area contributed by atoms with Crippen molar-refractivity contribution >= 4 is 54.0 Å². The molecule has 9 aromatic rings. The van der Waals surface area contributed by atoms with Crippen molar-refractivity contribution in [3.8, 4) is 33.5 Å². The molecule has 0 bridgehead atoms. The molecule has 1 nitrogen and oxygen atoms in total. The van der Waals surface area contributed by atoms with E-state index in [1.54, 1.807) is 0 Å². The fourth-order valence-electron chi connectivity index (χ4n) is 8.51. The first kappa shape index (κ1) is 26.4. The average molecular weight is 598 g/mol. The molecule has 0 aliphatic heterocycles. The molecule has 0 amide bonds. The maximum absolute atomic E-state index is 5.44. The van der Waals surface area contributed by atoms with Gasteiger partial charge >= 0.3 is 0 Å². The lowest BCUT2D eigenvalue weighted by Crippen LogP contribution is -2.17. The van der Waals surface area contributed by atoms with Gasteiger partial charge in [-0.15, -0.1) is 0 Å². The third-order valence-electron chi connectivity index (χ3n) is 10.6. The van der Waals surface area contributed by atoms with Crippen LogP contribution in [-0.4, -0.2) is 4.98 Å². The number of pyridine rings is 1. The Hall–Kier alpha value is -5.79. The predicted molar refractivity (Wildman–Crippen MR) is 200 cm³/mol. The van der Waals surface area contributed by atoms with Crippen LogP contribution in [0.5, 0.6) is 0 Å². The van der Waals surface area contributed by atoms with E-state index in [0.717, 1.165) is 11.2 Å². The maximum atomic E-state index is 5.44. The highest BCUT2D eigenvalue weighted by atomic mass is 14.7. The maximum Gasteiger partial charge on any atom is 0.0759 e. The lowest BCUT2D eigenvalue weighted by molar-refractivity contribution is 0.662. The minimum absolute atomic E-state index is 0.215. The standard InChI is InChI=1S/C46H31N/c1-46(2)40-22-12-11-21-38(40)45-44(46)43(42-31-16-6-3-13-28(31)23-26-41(42)47-45)37-25-24-36(33-18-8-9-19-34(33)37)39-27-29-14-4-5-15-30(29)32-17-7-10-20-35(32)39/h3-27H,1-2H3. The van der Waals surface area contributed by atoms with Gasteiger partial charge in [-0.2, -0.15) is 0 Å². The Balaban J connectivity index is 1.36. The van der Waals surface area contributed by atoms with Crippen LogP contribution in [-0.2, 0) is 5.41 Å². The molecule has 10 rings (SSSR count). The molecular weight excluding hydrogens is 567 g/mol. The molecule has 1 aromatic heterocycles. The number of rotatable bonds is 2. The Kier molecular flexibility index (Phi) is 5.40. The van der Waals surface area contributed by atoms with Gasteiger partial charge in [0, 0.05) is 16.4 Å². The van der Waals surface area contributed by atoms with E-state index in [4.69, 9.17) is 4.98 Å². The zero-order valence-corrected chi connectivity index (χ0v) is 26.4. The molecule has 0 atom stereocenters. The number of aromatic nitrogens is 1. The molecule has 220 valence electrons. The molecule has 0 radical (unpaired) electrons. The Morgan fingerprint density at radius 3 is 1.79 bits per heavy atom. The first-order valence-corrected chi connectivity index (χ1v) is 16.5. The summed E-state index contributed by atoms with van der Waals surface area (Å²) in [5.74, 6) is 0. The largest absolute Gasteiger partial charge is 0.247 e. The van der Waals surface area contributed by atoms with E-state index in [1.807, 2.05) is 0 Å². The Morgan fingerprint density at radius 2 is 1.00 bits per heavy atom. The van der Waals surface area contributed by atoms with Crippen molar-refractivity contribution in [1.29, 1.82) is 0 Å². The molecule has 0 fully saturated rings. The number of nitrogens with zero attached hydrogens (tertiary/aromatic N) is 1. The van der Waals surface area contributed by atoms with Gasteiger partial charge in [0.2, 0.25) is 0 Å². The van der Waals surface area contributed by atoms with E-state index in [2.05, 4.69) is 166 Å². The minimum Gasteiger partial charge on any atom is -0.247 e. The zero-order chi connectivity index (χ0) is 31.3. The van der Waals surface area contributed by atoms with Crippen LogP contribution >= 0.6 is 0 Å². The number of benzene rings is 8. The quantitative estimate of drug-likeness (QED) is 0.181. The second-order valence-corrected chi connectivity index (χ2v) is 13.5. The fourth-order valence-corrected chi connectivity index (χ4v) is 8.51. The molecular formula is C46H31N. The number of hydrogen-bond acceptors (Lipinski definition) is 1. The van der Waals surface area contributed by atoms with Crippen LogP contribution < -0.4 is 0 Å². The van der Waals surface area contributed by atoms with E-state index in [1.165, 1.54) is 87.4 Å². The lowest BCUT2D eigenvalue weighted by Gasteiger charge is -2.26. The summed E-state index contributed by atoms with van der Waals surface area (Å²) in [5.41, 5.74) is 10.9. The zero-order valence-electron chi connectivity index (χ0n) is 26.4. The van der Waals surface area contributed by atoms with Crippen LogP contribution in [0.25, 0.3) is 87.5 Å². The normalized spacial score (nSPS) is 13.5. The van der Waals surface area contributed by atoms with Gasteiger partial charge in [-0.05, 0) is 88.6 Å². The Bertz CT molecular complexity index is 2770. The third-order valence-corrected chi connectivity index (χ3v) is 10.6. The van der Waals surface area contributed by atoms with Gasteiger partial charge in [0.05, 0.1) is 11.2 Å². The van der Waals surface area contributed by atoms with E-state index < -0.39 is 0 Å². The summed E-state index contributed by atoms with van der Waals surface area (Å²) in [5, 5.41) is 11.4. The van der Waals surface area contributed by atoms with Gasteiger partial charge in [-0.1, -0.05) is 153 Å². The van der Waals surface area contributed by atoms with Crippen molar-refractivity contribution in [3.05, 3.63) is 163 Å². The number of hydrogen-bond donors (Lipinski definition) is 0. The van der Waals surface area contributed by atoms with Crippen LogP contribution in [0.4, 0.5) is 0 Å². The fraction of sp³-hybridized carbons (Fsp3) is 0.0652. The van der Waals surface area contributed by atoms with Gasteiger partial charge in [0.15, 0.2) is 0 Å². The second kappa shape index (κ2) is 9.61. The van der Waals surface area contributed by atoms with E-state index in [0.29, 0.717) is 0 Å². The summed E-state index contributed by atoms with van der Waals surface area (Å²) in [6.07, 6.45) is 0. The third kappa shape index (κ3) is 3.63. The highest BCUT2D eigenvalue weighted by Gasteiger charge is 2.40. The Labute approximate surface area is 273 Å². The lowest BCUT2D eigenvalue weighted by atomic mass is 9.77. The molecule has 0 spiro atoms. The van der Waals surface area contributed by atoms with Crippen LogP contribution in [0.1, 0.15) is 25.0 Å². The highest BCUT2D eigenvalue weighted by Crippen LogP contribution is 2.55. The molecule has 1 heterocycles. The van der Waals surface area contributed by atoms with Crippen molar-refractivity contribution in [2.75, 3.05) is 0 Å². The van der Waals surface area contributed by atoms with Crippen molar-refractivity contribution < 1.29 is 0 Å². The van der Waals surface area contributed by atoms with E-state index in [-0.39, 0.29) is 5.41 Å². The summed E-state index contributed by atoms with van der Waals surface area (Å²) in [7, 11) is 0. The van der Waals surface area contributed by atoms with Gasteiger partial charge in [-0.25, -0.2) is 4.98 Å². The topological polar surface area (TPSA) is 12.9 Å². The van der Waals surface area contributed by atoms with E-state index >= 15 is 0 Å². The van der Waals surface area contributed by atoms with E-state index in [9.17, 15) is 0 Å². The molecule has 1 heteroatoms. The van der Waals surface area contributed by atoms with Crippen LogP contribution in [0.3, 0.4) is 0 Å². The summed E-state index contributed by atoms with van der Waals surface area (Å²) in [4.78, 5) is 5.44. The van der Waals surface area contributed by atoms with Crippen molar-refractivity contribution in [2.45, 2.75) is 19.3 Å². The molecule has 47 heavy (non-hydrogen) atoms. The van der Waals surface area contributed by atoms with Gasteiger partial charge in [0.1, 0.15) is 0 Å². The van der Waals surface area contributed by atoms with Crippen molar-refractivity contribution in [3.63, 3.8) is 0 Å². The molecule has 1 aliphatic rings. The Morgan fingerprint density at radius 1 is 0.426 bits per heavy atom. The molecule has 8 aromatic carbocycles. The summed E-state index contributed by atoms with van der Waals surface area (Å²) in [6, 6.07) is 55.8. The van der Waals surface area contributed by atoms with Crippen molar-refractivity contribution in [2.24, 2.45) is 0 Å². The average Bonchev–Trinajstić information content (AvgIpc) is 3.35. The first-order valence-electron chi connectivity index (χ1n) is 16.5. The summed E-state index contributed by atoms with van der Waals surface area (Å²) >= 11 is 0. The predicted octanol–water partition coefficient (Wildman–Crippen LogP) is 12.5. The minimum atomic E-state index is -0.215. The molecule has 0 saturated carbocycles. The van der Waals surface area contributed by atoms with Gasteiger partial charge < -0.3 is 0 Å². The summed E-state index contributed by atoms with van der Waals surface area (Å²) in [6.45, 7) is 4.75. The molecule has 0 saturated heterocycles. The molecule has 1 aliphatic carbocycles. The monoisotopic (exact) mass is 597 g/mol. The first-order chi connectivity index (χ1) is 23.1. The molecule has 0 unspecified atom stereocenters. The SMILES string of the molecule is CC1(C)c2ccccc2-c2nc3ccc4ccccc4c3c(-c3ccc(-c4cc5ccccc5c5ccccc45)c4ccccc34)c21. The van der Waals surface area contributed by atoms with Crippen LogP contribution in [0, 0.1) is 0 Å². The summed E-state index contributed by atoms with van der Waals surface area (Å²) < 4.78 is 0. The second-order valence-electron chi connectivity index (χ2n) is 13.5. The highest BCUT2D eigenvalue weighted by molar-refractivity contribution is 6.21. The van der Waals surface area contributed by atoms with Crippen molar-refractivity contribution in [1.82, 2.24) is 4.98 Å².